The van der Waals surface area contributed by atoms with Crippen molar-refractivity contribution in [3.8, 4) is 0 Å². The minimum atomic E-state index is -3.86. The van der Waals surface area contributed by atoms with E-state index in [0.717, 1.165) is 13.2 Å². The molecular weight excluding hydrogens is 233 g/mol. The zero-order chi connectivity index (χ0) is 10.8. The van der Waals surface area contributed by atoms with E-state index < -0.39 is 15.0 Å². The van der Waals surface area contributed by atoms with Crippen molar-refractivity contribution in [2.24, 2.45) is 0 Å². The summed E-state index contributed by atoms with van der Waals surface area (Å²) in [7, 11) is -2.86. The molecule has 1 aromatic carbocycles. The Morgan fingerprint density at radius 2 is 2.00 bits per heavy atom. The Morgan fingerprint density at radius 3 is 2.47 bits per heavy atom. The third-order valence-corrected chi connectivity index (χ3v) is 2.81. The van der Waals surface area contributed by atoms with E-state index in [1.807, 2.05) is 0 Å². The molecule has 0 spiro atoms. The molecule has 0 saturated heterocycles. The summed E-state index contributed by atoms with van der Waals surface area (Å²) in [5, 5.41) is 10.3. The van der Waals surface area contributed by atoms with Crippen LogP contribution in [0.15, 0.2) is 29.2 Å². The van der Waals surface area contributed by atoms with Gasteiger partial charge in [0, 0.05) is 12.1 Å². The average molecular weight is 241 g/mol. The zero-order valence-electron chi connectivity index (χ0n) is 7.21. The van der Waals surface area contributed by atoms with Crippen LogP contribution >= 0.6 is 0 Å². The summed E-state index contributed by atoms with van der Waals surface area (Å²) in [5.74, 6) is 0. The molecule has 6 nitrogen and oxygen atoms in total. The second kappa shape index (κ2) is 5.57. The van der Waals surface area contributed by atoms with E-state index in [0.29, 0.717) is 0 Å². The van der Waals surface area contributed by atoms with Crippen molar-refractivity contribution >= 4 is 45.4 Å². The van der Waals surface area contributed by atoms with Gasteiger partial charge in [-0.3, -0.25) is 14.3 Å². The number of hydrogen-bond donors (Lipinski definition) is 0. The van der Waals surface area contributed by atoms with Gasteiger partial charge in [0.1, 0.15) is 4.90 Å². The van der Waals surface area contributed by atoms with E-state index in [2.05, 4.69) is 4.18 Å². The number of nitro benzene ring substituents is 1. The van der Waals surface area contributed by atoms with Gasteiger partial charge in [-0.05, 0) is 6.07 Å². The first-order valence-electron chi connectivity index (χ1n) is 3.52. The predicted octanol–water partition coefficient (Wildman–Crippen LogP) is 0.281. The van der Waals surface area contributed by atoms with Gasteiger partial charge in [0.2, 0.25) is 0 Å². The third-order valence-electron chi connectivity index (χ3n) is 1.54. The molecule has 0 aliphatic rings. The van der Waals surface area contributed by atoms with Crippen molar-refractivity contribution in [2.45, 2.75) is 4.90 Å². The van der Waals surface area contributed by atoms with Crippen LogP contribution in [0.5, 0.6) is 0 Å². The number of non-ortho nitro benzene ring substituents is 1. The summed E-state index contributed by atoms with van der Waals surface area (Å²) in [4.78, 5) is 9.44. The Morgan fingerprint density at radius 1 is 1.40 bits per heavy atom. The second-order valence-corrected chi connectivity index (χ2v) is 4.09. The number of benzene rings is 1. The molecule has 0 aliphatic heterocycles. The summed E-state index contributed by atoms with van der Waals surface area (Å²) in [6, 6.07) is 4.66. The number of nitrogens with zero attached hydrogens (tertiary/aromatic N) is 1. The van der Waals surface area contributed by atoms with Crippen molar-refractivity contribution in [3.63, 3.8) is 0 Å². The molecule has 0 unspecified atom stereocenters. The van der Waals surface area contributed by atoms with Gasteiger partial charge in [0.05, 0.1) is 12.0 Å². The Kier molecular flexibility index (Phi) is 5.39. The summed E-state index contributed by atoms with van der Waals surface area (Å²) in [6.45, 7) is 0. The van der Waals surface area contributed by atoms with Gasteiger partial charge in [-0.2, -0.15) is 8.42 Å². The Hall–Kier alpha value is -0.470. The molecule has 1 aromatic rings. The molecule has 0 radical (unpaired) electrons. The van der Waals surface area contributed by atoms with E-state index in [-0.39, 0.29) is 40.1 Å². The quantitative estimate of drug-likeness (QED) is 0.328. The standard InChI is InChI=1S/C7H7NO5S.Na.H/c1-13-14(11,12)7-4-2-3-6(5-7)8(9)10;;/h2-5H,1H3;;. The molecule has 15 heavy (non-hydrogen) atoms. The topological polar surface area (TPSA) is 86.5 Å². The molecule has 8 heteroatoms. The molecule has 0 heterocycles. The van der Waals surface area contributed by atoms with E-state index in [1.54, 1.807) is 0 Å². The molecule has 0 N–H and O–H groups in total. The van der Waals surface area contributed by atoms with Crippen LogP contribution < -0.4 is 0 Å². The van der Waals surface area contributed by atoms with Crippen LogP contribution in [0.3, 0.4) is 0 Å². The fourth-order valence-electron chi connectivity index (χ4n) is 0.849. The van der Waals surface area contributed by atoms with E-state index >= 15 is 0 Å². The predicted molar refractivity (Wildman–Crippen MR) is 54.4 cm³/mol. The van der Waals surface area contributed by atoms with Crippen LogP contribution in [0.25, 0.3) is 0 Å². The number of rotatable bonds is 3. The van der Waals surface area contributed by atoms with Gasteiger partial charge in [0.15, 0.2) is 0 Å². The number of hydrogen-bond acceptors (Lipinski definition) is 5. The van der Waals surface area contributed by atoms with Crippen molar-refractivity contribution in [2.75, 3.05) is 7.11 Å². The van der Waals surface area contributed by atoms with Crippen LogP contribution in [0.1, 0.15) is 0 Å². The van der Waals surface area contributed by atoms with Gasteiger partial charge >= 0.3 is 29.6 Å². The summed E-state index contributed by atoms with van der Waals surface area (Å²) < 4.78 is 26.5. The van der Waals surface area contributed by atoms with Crippen LogP contribution in [0.4, 0.5) is 5.69 Å². The maximum atomic E-state index is 11.1. The molecule has 1 rings (SSSR count). The first-order chi connectivity index (χ1) is 6.47. The fraction of sp³-hybridized carbons (Fsp3) is 0.143. The molecular formula is C7H8NNaO5S. The minimum absolute atomic E-state index is 0. The molecule has 0 amide bonds. The van der Waals surface area contributed by atoms with Crippen LogP contribution in [0.2, 0.25) is 0 Å². The normalized spacial score (nSPS) is 10.5. The van der Waals surface area contributed by atoms with Crippen molar-refractivity contribution in [1.29, 1.82) is 0 Å². The van der Waals surface area contributed by atoms with Crippen molar-refractivity contribution in [3.05, 3.63) is 34.4 Å². The van der Waals surface area contributed by atoms with Gasteiger partial charge in [-0.1, -0.05) is 6.07 Å². The maximum absolute atomic E-state index is 11.1. The third kappa shape index (κ3) is 3.54. The Balaban J connectivity index is 0.00000196. The summed E-state index contributed by atoms with van der Waals surface area (Å²) in [6.07, 6.45) is 0. The number of nitro groups is 1. The first kappa shape index (κ1) is 14.5. The second-order valence-electron chi connectivity index (χ2n) is 2.38. The molecule has 0 bridgehead atoms. The Bertz CT molecular complexity index is 458. The molecule has 0 saturated carbocycles. The molecule has 0 atom stereocenters. The fourth-order valence-corrected chi connectivity index (χ4v) is 1.55. The van der Waals surface area contributed by atoms with E-state index in [1.165, 1.54) is 18.2 Å². The van der Waals surface area contributed by atoms with Gasteiger partial charge in [-0.25, -0.2) is 0 Å². The Labute approximate surface area is 109 Å². The molecule has 0 aromatic heterocycles. The first-order valence-corrected chi connectivity index (χ1v) is 4.93. The average Bonchev–Trinajstić information content (AvgIpc) is 2.18. The van der Waals surface area contributed by atoms with Crippen LogP contribution in [0, 0.1) is 10.1 Å². The van der Waals surface area contributed by atoms with E-state index in [4.69, 9.17) is 0 Å². The van der Waals surface area contributed by atoms with Gasteiger partial charge in [0.25, 0.3) is 15.8 Å². The van der Waals surface area contributed by atoms with Crippen LogP contribution in [-0.2, 0) is 14.3 Å². The summed E-state index contributed by atoms with van der Waals surface area (Å²) in [5.41, 5.74) is -0.289. The molecule has 78 valence electrons. The molecule has 0 fully saturated rings. The van der Waals surface area contributed by atoms with E-state index in [9.17, 15) is 18.5 Å². The van der Waals surface area contributed by atoms with Gasteiger partial charge < -0.3 is 0 Å². The monoisotopic (exact) mass is 241 g/mol. The van der Waals surface area contributed by atoms with Crippen molar-refractivity contribution < 1.29 is 17.5 Å². The SMILES string of the molecule is COS(=O)(=O)c1cccc([N+](=O)[O-])c1.[NaH]. The van der Waals surface area contributed by atoms with Crippen LogP contribution in [-0.4, -0.2) is 50.0 Å². The van der Waals surface area contributed by atoms with Gasteiger partial charge in [-0.15, -0.1) is 0 Å². The molecule has 0 aliphatic carbocycles. The zero-order valence-corrected chi connectivity index (χ0v) is 8.02. The van der Waals surface area contributed by atoms with Crippen molar-refractivity contribution in [1.82, 2.24) is 0 Å². The summed E-state index contributed by atoms with van der Waals surface area (Å²) >= 11 is 0.